The van der Waals surface area contributed by atoms with E-state index in [-0.39, 0.29) is 18.5 Å². The molecule has 3 atom stereocenters. The van der Waals surface area contributed by atoms with E-state index in [1.165, 1.54) is 16.7 Å². The third-order valence-electron chi connectivity index (χ3n) is 4.54. The summed E-state index contributed by atoms with van der Waals surface area (Å²) < 4.78 is 11.4. The Balaban J connectivity index is 2.43. The van der Waals surface area contributed by atoms with E-state index in [0.717, 1.165) is 18.4 Å². The molecule has 0 amide bonds. The van der Waals surface area contributed by atoms with E-state index < -0.39 is 0 Å². The maximum atomic E-state index is 5.69. The maximum Gasteiger partial charge on any atom is 0.178 e. The molecule has 154 valence electrons. The van der Waals surface area contributed by atoms with Gasteiger partial charge in [0.1, 0.15) is 0 Å². The summed E-state index contributed by atoms with van der Waals surface area (Å²) in [7, 11) is 0. The van der Waals surface area contributed by atoms with Crippen LogP contribution in [0.1, 0.15) is 61.3 Å². The molecule has 0 bridgehead atoms. The fourth-order valence-electron chi connectivity index (χ4n) is 2.56. The molecule has 0 spiro atoms. The highest BCUT2D eigenvalue weighted by Crippen LogP contribution is 2.19. The first-order valence-corrected chi connectivity index (χ1v) is 10.3. The third-order valence-corrected chi connectivity index (χ3v) is 4.54. The summed E-state index contributed by atoms with van der Waals surface area (Å²) in [6.07, 6.45) is 23.4. The molecular weight excluding hydrogens is 344 g/mol. The lowest BCUT2D eigenvalue weighted by Crippen LogP contribution is -2.13. The van der Waals surface area contributed by atoms with Crippen molar-refractivity contribution in [1.29, 1.82) is 0 Å². The van der Waals surface area contributed by atoms with Crippen molar-refractivity contribution >= 4 is 0 Å². The van der Waals surface area contributed by atoms with Gasteiger partial charge in [-0.05, 0) is 67.4 Å². The van der Waals surface area contributed by atoms with Crippen molar-refractivity contribution in [2.45, 2.75) is 79.8 Å². The normalized spacial score (nSPS) is 24.8. The van der Waals surface area contributed by atoms with Crippen LogP contribution in [0.5, 0.6) is 0 Å². The van der Waals surface area contributed by atoms with E-state index in [1.54, 1.807) is 0 Å². The molecule has 1 saturated heterocycles. The third kappa shape index (κ3) is 11.1. The van der Waals surface area contributed by atoms with Crippen molar-refractivity contribution in [1.82, 2.24) is 0 Å². The van der Waals surface area contributed by atoms with Gasteiger partial charge in [0.15, 0.2) is 6.29 Å². The molecule has 2 unspecified atom stereocenters. The lowest BCUT2D eigenvalue weighted by molar-refractivity contribution is -0.0243. The zero-order valence-corrected chi connectivity index (χ0v) is 18.7. The summed E-state index contributed by atoms with van der Waals surface area (Å²) >= 11 is 0. The highest BCUT2D eigenvalue weighted by molar-refractivity contribution is 5.28. The van der Waals surface area contributed by atoms with Gasteiger partial charge in [-0.25, -0.2) is 0 Å². The fraction of sp³-hybridized carbons (Fsp3) is 0.462. The predicted octanol–water partition coefficient (Wildman–Crippen LogP) is 7.39. The maximum absolute atomic E-state index is 5.69. The Morgan fingerprint density at radius 2 is 1.32 bits per heavy atom. The molecule has 2 nitrogen and oxygen atoms in total. The van der Waals surface area contributed by atoms with E-state index in [0.29, 0.717) is 0 Å². The minimum atomic E-state index is -0.233. The van der Waals surface area contributed by atoms with Crippen LogP contribution in [0.2, 0.25) is 0 Å². The minimum absolute atomic E-state index is 0.149. The largest absolute Gasteiger partial charge is 0.343 e. The molecule has 0 aromatic carbocycles. The summed E-state index contributed by atoms with van der Waals surface area (Å²) in [5.41, 5.74) is 5.17. The summed E-state index contributed by atoms with van der Waals surface area (Å²) in [4.78, 5) is 0. The molecular formula is C26H38O2. The first kappa shape index (κ1) is 24.1. The van der Waals surface area contributed by atoms with Crippen LogP contribution in [0.4, 0.5) is 0 Å². The fourth-order valence-corrected chi connectivity index (χ4v) is 2.56. The number of allylic oxidation sites excluding steroid dienone is 13. The van der Waals surface area contributed by atoms with Crippen LogP contribution in [0, 0.1) is 0 Å². The van der Waals surface area contributed by atoms with Crippen molar-refractivity contribution in [3.05, 3.63) is 83.1 Å². The van der Waals surface area contributed by atoms with Crippen molar-refractivity contribution in [3.63, 3.8) is 0 Å². The first-order valence-electron chi connectivity index (χ1n) is 10.3. The average Bonchev–Trinajstić information content (AvgIpc) is 2.94. The standard InChI is InChI=1S/C26H38O2/c1-20(2)12-10-15-22(4)17-11-16-21(3)13-8-9-14-23(5)18-19-26-27-24(6)25(7)28-26/h8-9,11-14,16-19,24-26H,10,15H2,1-7H3/b9-8+,16-11+,19-18+,21-13+,22-17+,23-14+/t24-,25?,26?/m0/s1. The molecule has 1 fully saturated rings. The van der Waals surface area contributed by atoms with Gasteiger partial charge in [0.2, 0.25) is 0 Å². The van der Waals surface area contributed by atoms with Crippen LogP contribution in [-0.2, 0) is 9.47 Å². The average molecular weight is 383 g/mol. The van der Waals surface area contributed by atoms with Crippen LogP contribution in [0.3, 0.4) is 0 Å². The van der Waals surface area contributed by atoms with Crippen LogP contribution in [-0.4, -0.2) is 18.5 Å². The molecule has 2 heteroatoms. The number of hydrogen-bond donors (Lipinski definition) is 0. The van der Waals surface area contributed by atoms with E-state index in [9.17, 15) is 0 Å². The molecule has 28 heavy (non-hydrogen) atoms. The Hall–Kier alpha value is -1.90. The van der Waals surface area contributed by atoms with E-state index in [2.05, 4.69) is 83.2 Å². The van der Waals surface area contributed by atoms with Crippen LogP contribution in [0.25, 0.3) is 0 Å². The van der Waals surface area contributed by atoms with Crippen molar-refractivity contribution in [2.75, 3.05) is 0 Å². The molecule has 1 aliphatic heterocycles. The molecule has 0 aromatic rings. The molecule has 1 heterocycles. The number of rotatable bonds is 9. The first-order chi connectivity index (χ1) is 13.3. The Kier molecular flexibility index (Phi) is 11.5. The van der Waals surface area contributed by atoms with Crippen molar-refractivity contribution in [2.24, 2.45) is 0 Å². The molecule has 0 radical (unpaired) electrons. The minimum Gasteiger partial charge on any atom is -0.343 e. The topological polar surface area (TPSA) is 18.5 Å². The second-order valence-electron chi connectivity index (χ2n) is 7.81. The lowest BCUT2D eigenvalue weighted by atomic mass is 10.1. The zero-order chi connectivity index (χ0) is 20.9. The lowest BCUT2D eigenvalue weighted by Gasteiger charge is -2.02. The summed E-state index contributed by atoms with van der Waals surface area (Å²) in [6.45, 7) is 14.7. The number of ether oxygens (including phenoxy) is 2. The van der Waals surface area contributed by atoms with Gasteiger partial charge < -0.3 is 9.47 Å². The van der Waals surface area contributed by atoms with Crippen LogP contribution >= 0.6 is 0 Å². The number of hydrogen-bond acceptors (Lipinski definition) is 2. The van der Waals surface area contributed by atoms with Crippen molar-refractivity contribution in [3.8, 4) is 0 Å². The van der Waals surface area contributed by atoms with Crippen molar-refractivity contribution < 1.29 is 9.47 Å². The smallest absolute Gasteiger partial charge is 0.178 e. The molecule has 0 saturated carbocycles. The van der Waals surface area contributed by atoms with Crippen LogP contribution < -0.4 is 0 Å². The second kappa shape index (κ2) is 13.3. The van der Waals surface area contributed by atoms with Gasteiger partial charge in [-0.15, -0.1) is 0 Å². The van der Waals surface area contributed by atoms with E-state index >= 15 is 0 Å². The van der Waals surface area contributed by atoms with Gasteiger partial charge in [0.05, 0.1) is 12.2 Å². The molecule has 0 N–H and O–H groups in total. The Bertz CT molecular complexity index is 669. The Morgan fingerprint density at radius 1 is 0.750 bits per heavy atom. The van der Waals surface area contributed by atoms with Gasteiger partial charge in [0.25, 0.3) is 0 Å². The van der Waals surface area contributed by atoms with Gasteiger partial charge in [-0.1, -0.05) is 77.0 Å². The highest BCUT2D eigenvalue weighted by atomic mass is 16.7. The summed E-state index contributed by atoms with van der Waals surface area (Å²) in [6, 6.07) is 0. The molecule has 0 aromatic heterocycles. The summed E-state index contributed by atoms with van der Waals surface area (Å²) in [5, 5.41) is 0. The van der Waals surface area contributed by atoms with Crippen LogP contribution in [0.15, 0.2) is 83.1 Å². The Morgan fingerprint density at radius 3 is 1.89 bits per heavy atom. The highest BCUT2D eigenvalue weighted by Gasteiger charge is 2.27. The van der Waals surface area contributed by atoms with Gasteiger partial charge in [-0.3, -0.25) is 0 Å². The SMILES string of the molecule is CC(C)=CCC/C(C)=C/C=C/C(C)=C/C=C/C=C(C)/C=C/C1OC(C)[C@H](C)O1. The van der Waals surface area contributed by atoms with Gasteiger partial charge in [-0.2, -0.15) is 0 Å². The van der Waals surface area contributed by atoms with E-state index in [4.69, 9.17) is 9.47 Å². The quantitative estimate of drug-likeness (QED) is 0.306. The summed E-state index contributed by atoms with van der Waals surface area (Å²) in [5.74, 6) is 0. The van der Waals surface area contributed by atoms with E-state index in [1.807, 2.05) is 26.0 Å². The monoisotopic (exact) mass is 382 g/mol. The van der Waals surface area contributed by atoms with Gasteiger partial charge in [0, 0.05) is 0 Å². The second-order valence-corrected chi connectivity index (χ2v) is 7.81. The molecule has 1 rings (SSSR count). The van der Waals surface area contributed by atoms with Gasteiger partial charge >= 0.3 is 0 Å². The predicted molar refractivity (Wildman–Crippen MR) is 122 cm³/mol. The molecule has 0 aliphatic carbocycles. The molecule has 1 aliphatic rings. The zero-order valence-electron chi connectivity index (χ0n) is 18.7. The Labute approximate surface area is 172 Å².